The molecule has 11 nitrogen and oxygen atoms in total. The second kappa shape index (κ2) is 12.1. The van der Waals surface area contributed by atoms with E-state index in [1.165, 1.54) is 0 Å². The molecule has 2 aromatic heterocycles. The number of anilines is 4. The van der Waals surface area contributed by atoms with Crippen molar-refractivity contribution in [1.82, 2.24) is 29.9 Å². The molecule has 0 aliphatic carbocycles. The molecule has 0 amide bonds. The van der Waals surface area contributed by atoms with Crippen LogP contribution in [-0.2, 0) is 0 Å². The lowest BCUT2D eigenvalue weighted by molar-refractivity contribution is 0.715. The lowest BCUT2D eigenvalue weighted by atomic mass is 10.1. The smallest absolute Gasteiger partial charge is 0.230 e. The molecule has 2 heterocycles. The van der Waals surface area contributed by atoms with E-state index in [4.69, 9.17) is 28.5 Å². The van der Waals surface area contributed by atoms with Crippen LogP contribution in [0.3, 0.4) is 0 Å². The van der Waals surface area contributed by atoms with Crippen molar-refractivity contribution in [1.29, 1.82) is 5.26 Å². The number of hydrogen-bond acceptors (Lipinski definition) is 11. The molecule has 0 bridgehead atoms. The first-order chi connectivity index (χ1) is 14.1. The van der Waals surface area contributed by atoms with Gasteiger partial charge in [-0.2, -0.15) is 35.2 Å². The Kier molecular flexibility index (Phi) is 10.2. The maximum Gasteiger partial charge on any atom is 0.230 e. The highest BCUT2D eigenvalue weighted by Crippen LogP contribution is 2.14. The highest BCUT2D eigenvalue weighted by molar-refractivity contribution is 6.28. The summed E-state index contributed by atoms with van der Waals surface area (Å²) in [6.45, 7) is 12.8. The van der Waals surface area contributed by atoms with E-state index in [1.54, 1.807) is 13.8 Å². The van der Waals surface area contributed by atoms with Crippen LogP contribution in [0.15, 0.2) is 0 Å². The maximum atomic E-state index is 8.87. The van der Waals surface area contributed by atoms with Crippen LogP contribution in [0.1, 0.15) is 41.5 Å². The van der Waals surface area contributed by atoms with Crippen LogP contribution in [0.5, 0.6) is 0 Å². The SMILES string of the molecule is CCNc1nc(Cl)nc(NC(C)(C)C#N)n1.CCNc1nc(Cl)nc(NC(C)C)n1. The van der Waals surface area contributed by atoms with E-state index >= 15 is 0 Å². The third-order valence-corrected chi connectivity index (χ3v) is 3.35. The average Bonchev–Trinajstić information content (AvgIpc) is 2.61. The summed E-state index contributed by atoms with van der Waals surface area (Å²) in [5, 5.41) is 21.0. The Morgan fingerprint density at radius 2 is 1.27 bits per heavy atom. The van der Waals surface area contributed by atoms with Crippen molar-refractivity contribution in [3.63, 3.8) is 0 Å². The van der Waals surface area contributed by atoms with E-state index in [2.05, 4.69) is 57.2 Å². The van der Waals surface area contributed by atoms with Gasteiger partial charge in [-0.05, 0) is 64.7 Å². The molecule has 0 atom stereocenters. The predicted octanol–water partition coefficient (Wildman–Crippen LogP) is 3.45. The van der Waals surface area contributed by atoms with Gasteiger partial charge < -0.3 is 21.3 Å². The minimum absolute atomic E-state index is 0.0854. The van der Waals surface area contributed by atoms with Gasteiger partial charge >= 0.3 is 0 Å². The first-order valence-electron chi connectivity index (χ1n) is 9.35. The number of halogens is 2. The largest absolute Gasteiger partial charge is 0.354 e. The first kappa shape index (κ1) is 25.3. The van der Waals surface area contributed by atoms with Crippen LogP contribution in [0, 0.1) is 11.3 Å². The molecule has 13 heteroatoms. The zero-order chi connectivity index (χ0) is 22.7. The standard InChI is InChI=1S/C9H13ClN6.C8H14ClN5/c1-4-12-7-13-6(10)14-8(15-7)16-9(2,3)5-11;1-4-10-7-12-6(9)13-8(14-7)11-5(2)3/h4H2,1-3H3,(H2,12,13,14,15,16);5H,4H2,1-3H3,(H2,10,11,12,13,14). The minimum atomic E-state index is -0.756. The van der Waals surface area contributed by atoms with Crippen LogP contribution >= 0.6 is 23.2 Å². The topological polar surface area (TPSA) is 149 Å². The molecule has 4 N–H and O–H groups in total. The Morgan fingerprint density at radius 3 is 1.70 bits per heavy atom. The number of nitrogens with one attached hydrogen (secondary N) is 4. The van der Waals surface area contributed by atoms with Crippen molar-refractivity contribution in [2.24, 2.45) is 0 Å². The monoisotopic (exact) mass is 455 g/mol. The second-order valence-corrected chi connectivity index (χ2v) is 7.40. The number of nitriles is 1. The van der Waals surface area contributed by atoms with Gasteiger partial charge in [0.25, 0.3) is 0 Å². The van der Waals surface area contributed by atoms with Gasteiger partial charge in [-0.25, -0.2) is 0 Å². The van der Waals surface area contributed by atoms with Gasteiger partial charge in [-0.1, -0.05) is 0 Å². The normalized spacial score (nSPS) is 10.5. The Morgan fingerprint density at radius 1 is 0.833 bits per heavy atom. The fourth-order valence-electron chi connectivity index (χ4n) is 1.86. The summed E-state index contributed by atoms with van der Waals surface area (Å²) in [5.74, 6) is 1.66. The number of hydrogen-bond donors (Lipinski definition) is 4. The molecule has 0 aliphatic heterocycles. The van der Waals surface area contributed by atoms with Gasteiger partial charge in [0, 0.05) is 19.1 Å². The van der Waals surface area contributed by atoms with Crippen LogP contribution in [0.25, 0.3) is 0 Å². The first-order valence-corrected chi connectivity index (χ1v) is 10.1. The molecule has 30 heavy (non-hydrogen) atoms. The van der Waals surface area contributed by atoms with Crippen LogP contribution in [0.2, 0.25) is 10.6 Å². The van der Waals surface area contributed by atoms with Gasteiger partial charge in [-0.15, -0.1) is 0 Å². The molecule has 2 aromatic rings. The summed E-state index contributed by atoms with van der Waals surface area (Å²) in [5.41, 5.74) is -0.756. The summed E-state index contributed by atoms with van der Waals surface area (Å²) in [6, 6.07) is 2.35. The summed E-state index contributed by atoms with van der Waals surface area (Å²) >= 11 is 11.5. The molecule has 2 rings (SSSR count). The molecular weight excluding hydrogens is 429 g/mol. The summed E-state index contributed by atoms with van der Waals surface area (Å²) < 4.78 is 0. The van der Waals surface area contributed by atoms with Gasteiger partial charge in [0.2, 0.25) is 34.4 Å². The zero-order valence-electron chi connectivity index (χ0n) is 17.9. The molecular formula is C17H27Cl2N11. The number of aromatic nitrogens is 6. The molecule has 0 saturated carbocycles. The van der Waals surface area contributed by atoms with Gasteiger partial charge in [-0.3, -0.25) is 0 Å². The van der Waals surface area contributed by atoms with E-state index in [0.717, 1.165) is 6.54 Å². The second-order valence-electron chi connectivity index (χ2n) is 6.72. The maximum absolute atomic E-state index is 8.87. The third-order valence-electron chi connectivity index (χ3n) is 3.01. The zero-order valence-corrected chi connectivity index (χ0v) is 19.4. The van der Waals surface area contributed by atoms with E-state index in [1.807, 2.05) is 27.7 Å². The molecule has 0 spiro atoms. The Bertz CT molecular complexity index is 852. The van der Waals surface area contributed by atoms with Crippen molar-refractivity contribution in [3.8, 4) is 6.07 Å². The fraction of sp³-hybridized carbons (Fsp3) is 0.588. The molecule has 0 aliphatic rings. The third kappa shape index (κ3) is 9.67. The highest BCUT2D eigenvalue weighted by atomic mass is 35.5. The van der Waals surface area contributed by atoms with Crippen LogP contribution in [-0.4, -0.2) is 54.6 Å². The van der Waals surface area contributed by atoms with Crippen molar-refractivity contribution >= 4 is 47.0 Å². The number of rotatable bonds is 8. The Balaban J connectivity index is 0.000000303. The highest BCUT2D eigenvalue weighted by Gasteiger charge is 2.18. The van der Waals surface area contributed by atoms with Gasteiger partial charge in [0.15, 0.2) is 0 Å². The molecule has 0 aromatic carbocycles. The summed E-state index contributed by atoms with van der Waals surface area (Å²) in [7, 11) is 0. The quantitative estimate of drug-likeness (QED) is 0.463. The molecule has 0 saturated heterocycles. The van der Waals surface area contributed by atoms with E-state index < -0.39 is 5.54 Å². The van der Waals surface area contributed by atoms with E-state index in [-0.39, 0.29) is 22.6 Å². The van der Waals surface area contributed by atoms with Crippen molar-refractivity contribution in [3.05, 3.63) is 10.6 Å². The van der Waals surface area contributed by atoms with Crippen molar-refractivity contribution in [2.45, 2.75) is 53.1 Å². The summed E-state index contributed by atoms with van der Waals surface area (Å²) in [6.07, 6.45) is 0. The van der Waals surface area contributed by atoms with Crippen LogP contribution < -0.4 is 21.3 Å². The van der Waals surface area contributed by atoms with Crippen LogP contribution in [0.4, 0.5) is 23.8 Å². The van der Waals surface area contributed by atoms with E-state index in [9.17, 15) is 0 Å². The predicted molar refractivity (Wildman–Crippen MR) is 120 cm³/mol. The fourth-order valence-corrected chi connectivity index (χ4v) is 2.18. The number of nitrogens with zero attached hydrogens (tertiary/aromatic N) is 7. The van der Waals surface area contributed by atoms with Gasteiger partial charge in [0.05, 0.1) is 6.07 Å². The molecule has 0 radical (unpaired) electrons. The van der Waals surface area contributed by atoms with Crippen molar-refractivity contribution < 1.29 is 0 Å². The Hall–Kier alpha value is -2.71. The van der Waals surface area contributed by atoms with Crippen molar-refractivity contribution in [2.75, 3.05) is 34.4 Å². The minimum Gasteiger partial charge on any atom is -0.354 e. The van der Waals surface area contributed by atoms with E-state index in [0.29, 0.717) is 24.4 Å². The lowest BCUT2D eigenvalue weighted by Gasteiger charge is -2.17. The average molecular weight is 456 g/mol. The van der Waals surface area contributed by atoms with Gasteiger partial charge in [0.1, 0.15) is 5.54 Å². The molecule has 0 fully saturated rings. The molecule has 164 valence electrons. The lowest BCUT2D eigenvalue weighted by Crippen LogP contribution is -2.29. The summed E-state index contributed by atoms with van der Waals surface area (Å²) in [4.78, 5) is 23.9. The molecule has 0 unspecified atom stereocenters. The Labute approximate surface area is 186 Å².